The lowest BCUT2D eigenvalue weighted by molar-refractivity contribution is 0.0908. The minimum Gasteiger partial charge on any atom is -0.382 e. The molecule has 20 heavy (non-hydrogen) atoms. The number of carbonyl (C=O) groups is 1. The maximum atomic E-state index is 12.3. The molecule has 1 amide bonds. The fraction of sp³-hybridized carbons (Fsp3) is 0.562. The van der Waals surface area contributed by atoms with Gasteiger partial charge in [-0.1, -0.05) is 12.1 Å². The Kier molecular flexibility index (Phi) is 5.01. The summed E-state index contributed by atoms with van der Waals surface area (Å²) in [5.74, 6) is 0.400. The molecule has 0 saturated carbocycles. The van der Waals surface area contributed by atoms with Gasteiger partial charge in [-0.05, 0) is 39.3 Å². The molecule has 1 fully saturated rings. The standard InChI is InChI=1S/C16H24N2O2/c1-11(2)18-15-7-5-4-6-14(15)16(19)17-10-13-8-9-20-12(13)3/h4-7,11-13,18H,8-10H2,1-3H3,(H,17,19). The highest BCUT2D eigenvalue weighted by molar-refractivity contribution is 5.99. The van der Waals surface area contributed by atoms with Gasteiger partial charge in [0.05, 0.1) is 11.7 Å². The highest BCUT2D eigenvalue weighted by atomic mass is 16.5. The molecule has 1 aliphatic rings. The minimum absolute atomic E-state index is 0.0205. The van der Waals surface area contributed by atoms with E-state index in [0.717, 1.165) is 18.7 Å². The van der Waals surface area contributed by atoms with Crippen LogP contribution in [0.15, 0.2) is 24.3 Å². The Morgan fingerprint density at radius 1 is 1.40 bits per heavy atom. The van der Waals surface area contributed by atoms with Crippen molar-refractivity contribution in [2.45, 2.75) is 39.3 Å². The number of para-hydroxylation sites is 1. The van der Waals surface area contributed by atoms with Crippen LogP contribution in [-0.2, 0) is 4.74 Å². The van der Waals surface area contributed by atoms with E-state index in [1.807, 2.05) is 24.3 Å². The highest BCUT2D eigenvalue weighted by Crippen LogP contribution is 2.20. The number of ether oxygens (including phenoxy) is 1. The Labute approximate surface area is 120 Å². The fourth-order valence-electron chi connectivity index (χ4n) is 2.48. The molecular weight excluding hydrogens is 252 g/mol. The van der Waals surface area contributed by atoms with E-state index in [4.69, 9.17) is 4.74 Å². The van der Waals surface area contributed by atoms with Gasteiger partial charge in [0.25, 0.3) is 5.91 Å². The predicted octanol–water partition coefficient (Wildman–Crippen LogP) is 2.66. The van der Waals surface area contributed by atoms with Crippen LogP contribution >= 0.6 is 0 Å². The molecule has 1 aliphatic heterocycles. The van der Waals surface area contributed by atoms with Crippen LogP contribution in [0.2, 0.25) is 0 Å². The van der Waals surface area contributed by atoms with Gasteiger partial charge in [-0.2, -0.15) is 0 Å². The molecule has 1 aromatic carbocycles. The highest BCUT2D eigenvalue weighted by Gasteiger charge is 2.24. The predicted molar refractivity (Wildman–Crippen MR) is 81.1 cm³/mol. The normalized spacial score (nSPS) is 22.0. The van der Waals surface area contributed by atoms with Gasteiger partial charge in [0.15, 0.2) is 0 Å². The summed E-state index contributed by atoms with van der Waals surface area (Å²) in [6, 6.07) is 7.92. The van der Waals surface area contributed by atoms with Crippen molar-refractivity contribution in [3.63, 3.8) is 0 Å². The first-order valence-electron chi connectivity index (χ1n) is 7.33. The molecule has 2 atom stereocenters. The van der Waals surface area contributed by atoms with E-state index in [-0.39, 0.29) is 12.0 Å². The first kappa shape index (κ1) is 14.9. The van der Waals surface area contributed by atoms with Gasteiger partial charge in [-0.25, -0.2) is 0 Å². The zero-order chi connectivity index (χ0) is 14.5. The Morgan fingerprint density at radius 3 is 2.80 bits per heavy atom. The van der Waals surface area contributed by atoms with Crippen LogP contribution in [0.4, 0.5) is 5.69 Å². The summed E-state index contributed by atoms with van der Waals surface area (Å²) in [5, 5.41) is 6.33. The molecule has 1 heterocycles. The van der Waals surface area contributed by atoms with Gasteiger partial charge in [0.1, 0.15) is 0 Å². The molecule has 1 aromatic rings. The van der Waals surface area contributed by atoms with Crippen molar-refractivity contribution in [2.75, 3.05) is 18.5 Å². The van der Waals surface area contributed by atoms with Crippen molar-refractivity contribution in [2.24, 2.45) is 5.92 Å². The number of hydrogen-bond donors (Lipinski definition) is 2. The molecule has 2 unspecified atom stereocenters. The molecular formula is C16H24N2O2. The first-order valence-corrected chi connectivity index (χ1v) is 7.33. The quantitative estimate of drug-likeness (QED) is 0.869. The SMILES string of the molecule is CC(C)Nc1ccccc1C(=O)NCC1CCOC1C. The van der Waals surface area contributed by atoms with Crippen molar-refractivity contribution >= 4 is 11.6 Å². The third kappa shape index (κ3) is 3.73. The molecule has 110 valence electrons. The van der Waals surface area contributed by atoms with Gasteiger partial charge in [0, 0.05) is 30.8 Å². The molecule has 2 rings (SSSR count). The van der Waals surface area contributed by atoms with Crippen molar-refractivity contribution in [1.82, 2.24) is 5.32 Å². The Balaban J connectivity index is 1.98. The average molecular weight is 276 g/mol. The molecule has 0 aromatic heterocycles. The molecule has 4 nitrogen and oxygen atoms in total. The van der Waals surface area contributed by atoms with Crippen LogP contribution < -0.4 is 10.6 Å². The monoisotopic (exact) mass is 276 g/mol. The summed E-state index contributed by atoms with van der Waals surface area (Å²) in [6.45, 7) is 7.67. The summed E-state index contributed by atoms with van der Waals surface area (Å²) < 4.78 is 5.52. The smallest absolute Gasteiger partial charge is 0.253 e. The number of nitrogens with one attached hydrogen (secondary N) is 2. The third-order valence-corrected chi connectivity index (χ3v) is 3.67. The van der Waals surface area contributed by atoms with E-state index in [9.17, 15) is 4.79 Å². The van der Waals surface area contributed by atoms with Gasteiger partial charge in [-0.3, -0.25) is 4.79 Å². The molecule has 4 heteroatoms. The van der Waals surface area contributed by atoms with Crippen molar-refractivity contribution < 1.29 is 9.53 Å². The largest absolute Gasteiger partial charge is 0.382 e. The van der Waals surface area contributed by atoms with Crippen LogP contribution in [-0.4, -0.2) is 31.2 Å². The second-order valence-electron chi connectivity index (χ2n) is 5.68. The fourth-order valence-corrected chi connectivity index (χ4v) is 2.48. The third-order valence-electron chi connectivity index (χ3n) is 3.67. The van der Waals surface area contributed by atoms with Gasteiger partial charge in [-0.15, -0.1) is 0 Å². The summed E-state index contributed by atoms with van der Waals surface area (Å²) in [6.07, 6.45) is 1.26. The molecule has 1 saturated heterocycles. The van der Waals surface area contributed by atoms with E-state index < -0.39 is 0 Å². The molecule has 0 bridgehead atoms. The number of benzene rings is 1. The van der Waals surface area contributed by atoms with Crippen molar-refractivity contribution in [1.29, 1.82) is 0 Å². The van der Waals surface area contributed by atoms with E-state index in [2.05, 4.69) is 31.4 Å². The number of anilines is 1. The number of hydrogen-bond acceptors (Lipinski definition) is 3. The van der Waals surface area contributed by atoms with Crippen molar-refractivity contribution in [3.8, 4) is 0 Å². The van der Waals surface area contributed by atoms with Crippen LogP contribution in [0.1, 0.15) is 37.6 Å². The van der Waals surface area contributed by atoms with Crippen LogP contribution in [0.3, 0.4) is 0 Å². The van der Waals surface area contributed by atoms with Crippen LogP contribution in [0, 0.1) is 5.92 Å². The zero-order valence-corrected chi connectivity index (χ0v) is 12.5. The summed E-state index contributed by atoms with van der Waals surface area (Å²) in [4.78, 5) is 12.3. The molecule has 2 N–H and O–H groups in total. The number of rotatable bonds is 5. The molecule has 0 spiro atoms. The topological polar surface area (TPSA) is 50.4 Å². The Bertz CT molecular complexity index is 460. The number of carbonyl (C=O) groups excluding carboxylic acids is 1. The summed E-state index contributed by atoms with van der Waals surface area (Å²) in [7, 11) is 0. The zero-order valence-electron chi connectivity index (χ0n) is 12.5. The number of amides is 1. The van der Waals surface area contributed by atoms with E-state index in [1.165, 1.54) is 0 Å². The van der Waals surface area contributed by atoms with Gasteiger partial charge in [0.2, 0.25) is 0 Å². The maximum absolute atomic E-state index is 12.3. The second kappa shape index (κ2) is 6.75. The maximum Gasteiger partial charge on any atom is 0.253 e. The molecule has 0 radical (unpaired) electrons. The van der Waals surface area contributed by atoms with Crippen LogP contribution in [0.25, 0.3) is 0 Å². The van der Waals surface area contributed by atoms with Gasteiger partial charge < -0.3 is 15.4 Å². The second-order valence-corrected chi connectivity index (χ2v) is 5.68. The van der Waals surface area contributed by atoms with E-state index in [1.54, 1.807) is 0 Å². The van der Waals surface area contributed by atoms with Crippen molar-refractivity contribution in [3.05, 3.63) is 29.8 Å². The molecule has 0 aliphatic carbocycles. The Hall–Kier alpha value is -1.55. The minimum atomic E-state index is -0.0205. The van der Waals surface area contributed by atoms with E-state index >= 15 is 0 Å². The Morgan fingerprint density at radius 2 is 2.15 bits per heavy atom. The lowest BCUT2D eigenvalue weighted by atomic mass is 10.0. The lowest BCUT2D eigenvalue weighted by Crippen LogP contribution is -2.32. The lowest BCUT2D eigenvalue weighted by Gasteiger charge is -2.17. The average Bonchev–Trinajstić information content (AvgIpc) is 2.81. The summed E-state index contributed by atoms with van der Waals surface area (Å²) in [5.41, 5.74) is 1.59. The van der Waals surface area contributed by atoms with Crippen LogP contribution in [0.5, 0.6) is 0 Å². The van der Waals surface area contributed by atoms with E-state index in [0.29, 0.717) is 24.1 Å². The van der Waals surface area contributed by atoms with Gasteiger partial charge >= 0.3 is 0 Å². The summed E-state index contributed by atoms with van der Waals surface area (Å²) >= 11 is 0. The first-order chi connectivity index (χ1) is 9.58.